The lowest BCUT2D eigenvalue weighted by Crippen LogP contribution is -2.34. The second-order valence-corrected chi connectivity index (χ2v) is 5.51. The molecule has 1 aromatic carbocycles. The number of nitrogens with two attached hydrogens (primary N) is 1. The fourth-order valence-electron chi connectivity index (χ4n) is 2.36. The van der Waals surface area contributed by atoms with Gasteiger partial charge in [-0.05, 0) is 37.4 Å². The molecule has 5 heteroatoms. The average molecular weight is 285 g/mol. The highest BCUT2D eigenvalue weighted by atomic mass is 35.5. The van der Waals surface area contributed by atoms with Gasteiger partial charge in [0.1, 0.15) is 5.75 Å². The molecule has 0 bridgehead atoms. The van der Waals surface area contributed by atoms with E-state index >= 15 is 0 Å². The minimum absolute atomic E-state index is 0. The molecule has 1 aliphatic heterocycles. The molecule has 0 spiro atoms. The predicted octanol–water partition coefficient (Wildman–Crippen LogP) is 1.93. The van der Waals surface area contributed by atoms with E-state index < -0.39 is 0 Å². The maximum absolute atomic E-state index is 12.3. The van der Waals surface area contributed by atoms with E-state index in [9.17, 15) is 9.90 Å². The Hall–Kier alpha value is -1.26. The van der Waals surface area contributed by atoms with Crippen LogP contribution in [-0.4, -0.2) is 35.5 Å². The van der Waals surface area contributed by atoms with Crippen LogP contribution in [0.3, 0.4) is 0 Å². The van der Waals surface area contributed by atoms with Crippen molar-refractivity contribution >= 4 is 18.3 Å². The van der Waals surface area contributed by atoms with Crippen LogP contribution in [-0.2, 0) is 0 Å². The van der Waals surface area contributed by atoms with E-state index in [0.29, 0.717) is 25.2 Å². The first-order valence-electron chi connectivity index (χ1n) is 6.24. The number of likely N-dealkylation sites (tertiary alicyclic amines) is 1. The van der Waals surface area contributed by atoms with E-state index in [0.717, 1.165) is 12.0 Å². The lowest BCUT2D eigenvalue weighted by molar-refractivity contribution is 0.0774. The molecule has 0 saturated carbocycles. The third-order valence-electron chi connectivity index (χ3n) is 3.72. The number of carbonyl (C=O) groups excluding carboxylic acids is 1. The number of carbonyl (C=O) groups is 1. The summed E-state index contributed by atoms with van der Waals surface area (Å²) in [6.45, 7) is 5.95. The van der Waals surface area contributed by atoms with Gasteiger partial charge in [0.25, 0.3) is 5.91 Å². The second kappa shape index (κ2) is 5.80. The van der Waals surface area contributed by atoms with Crippen LogP contribution in [0.5, 0.6) is 5.75 Å². The van der Waals surface area contributed by atoms with E-state index in [2.05, 4.69) is 6.92 Å². The van der Waals surface area contributed by atoms with Gasteiger partial charge in [0.2, 0.25) is 0 Å². The van der Waals surface area contributed by atoms with Crippen LogP contribution in [0.15, 0.2) is 18.2 Å². The zero-order valence-electron chi connectivity index (χ0n) is 11.3. The Morgan fingerprint density at radius 1 is 1.53 bits per heavy atom. The third kappa shape index (κ3) is 3.19. The highest BCUT2D eigenvalue weighted by molar-refractivity contribution is 5.97. The van der Waals surface area contributed by atoms with Crippen LogP contribution in [0, 0.1) is 12.3 Å². The van der Waals surface area contributed by atoms with Crippen molar-refractivity contribution in [1.29, 1.82) is 0 Å². The maximum Gasteiger partial charge on any atom is 0.257 e. The summed E-state index contributed by atoms with van der Waals surface area (Å²) in [5, 5.41) is 9.78. The molecule has 1 heterocycles. The van der Waals surface area contributed by atoms with Gasteiger partial charge in [-0.25, -0.2) is 0 Å². The molecule has 1 amide bonds. The van der Waals surface area contributed by atoms with Gasteiger partial charge in [0.05, 0.1) is 5.56 Å². The Morgan fingerprint density at radius 3 is 2.79 bits per heavy atom. The predicted molar refractivity (Wildman–Crippen MR) is 77.8 cm³/mol. The molecule has 106 valence electrons. The lowest BCUT2D eigenvalue weighted by atomic mass is 9.90. The minimum Gasteiger partial charge on any atom is -0.507 e. The SMILES string of the molecule is Cc1ccc(O)c(C(=O)N2CCC(C)(CN)C2)c1.Cl. The summed E-state index contributed by atoms with van der Waals surface area (Å²) in [5.41, 5.74) is 7.10. The number of nitrogens with zero attached hydrogens (tertiary/aromatic N) is 1. The average Bonchev–Trinajstić information content (AvgIpc) is 2.75. The molecule has 2 rings (SSSR count). The molecular weight excluding hydrogens is 264 g/mol. The van der Waals surface area contributed by atoms with Crippen LogP contribution >= 0.6 is 12.4 Å². The number of aromatic hydroxyl groups is 1. The summed E-state index contributed by atoms with van der Waals surface area (Å²) in [7, 11) is 0. The largest absolute Gasteiger partial charge is 0.507 e. The van der Waals surface area contributed by atoms with Crippen LogP contribution in [0.25, 0.3) is 0 Å². The Labute approximate surface area is 120 Å². The van der Waals surface area contributed by atoms with E-state index in [1.54, 1.807) is 23.1 Å². The highest BCUT2D eigenvalue weighted by Gasteiger charge is 2.35. The molecule has 1 fully saturated rings. The van der Waals surface area contributed by atoms with Gasteiger partial charge in [0.15, 0.2) is 0 Å². The van der Waals surface area contributed by atoms with Crippen molar-refractivity contribution in [3.05, 3.63) is 29.3 Å². The number of rotatable bonds is 2. The lowest BCUT2D eigenvalue weighted by Gasteiger charge is -2.22. The normalized spacial score (nSPS) is 22.2. The number of hydrogen-bond acceptors (Lipinski definition) is 3. The van der Waals surface area contributed by atoms with E-state index in [1.165, 1.54) is 0 Å². The second-order valence-electron chi connectivity index (χ2n) is 5.51. The molecule has 1 unspecified atom stereocenters. The number of amides is 1. The standard InChI is InChI=1S/C14H20N2O2.ClH/c1-10-3-4-12(17)11(7-10)13(18)16-6-5-14(2,8-15)9-16;/h3-4,7,17H,5-6,8-9,15H2,1-2H3;1H. The van der Waals surface area contributed by atoms with Gasteiger partial charge >= 0.3 is 0 Å². The quantitative estimate of drug-likeness (QED) is 0.872. The van der Waals surface area contributed by atoms with Crippen molar-refractivity contribution < 1.29 is 9.90 Å². The minimum atomic E-state index is -0.103. The van der Waals surface area contributed by atoms with Gasteiger partial charge in [-0.3, -0.25) is 4.79 Å². The van der Waals surface area contributed by atoms with Crippen molar-refractivity contribution in [2.24, 2.45) is 11.1 Å². The molecule has 1 saturated heterocycles. The number of phenols is 1. The summed E-state index contributed by atoms with van der Waals surface area (Å²) in [5.74, 6) is -0.0553. The number of aryl methyl sites for hydroxylation is 1. The van der Waals surface area contributed by atoms with Crippen molar-refractivity contribution in [3.8, 4) is 5.75 Å². The Balaban J connectivity index is 0.00000180. The third-order valence-corrected chi connectivity index (χ3v) is 3.72. The Morgan fingerprint density at radius 2 is 2.21 bits per heavy atom. The highest BCUT2D eigenvalue weighted by Crippen LogP contribution is 2.31. The van der Waals surface area contributed by atoms with Gasteiger partial charge in [0, 0.05) is 13.1 Å². The number of hydrogen-bond donors (Lipinski definition) is 2. The van der Waals surface area contributed by atoms with Crippen LogP contribution < -0.4 is 5.73 Å². The van der Waals surface area contributed by atoms with Gasteiger partial charge in [-0.2, -0.15) is 0 Å². The van der Waals surface area contributed by atoms with Gasteiger partial charge in [-0.15, -0.1) is 12.4 Å². The zero-order valence-corrected chi connectivity index (χ0v) is 12.2. The molecule has 19 heavy (non-hydrogen) atoms. The van der Waals surface area contributed by atoms with Crippen LogP contribution in [0.2, 0.25) is 0 Å². The van der Waals surface area contributed by atoms with Crippen LogP contribution in [0.4, 0.5) is 0 Å². The molecular formula is C14H21ClN2O2. The molecule has 1 aliphatic rings. The summed E-state index contributed by atoms with van der Waals surface area (Å²) < 4.78 is 0. The fraction of sp³-hybridized carbons (Fsp3) is 0.500. The van der Waals surface area contributed by atoms with Gasteiger partial charge < -0.3 is 15.7 Å². The molecule has 4 nitrogen and oxygen atoms in total. The molecule has 1 atom stereocenters. The first kappa shape index (κ1) is 15.8. The Bertz CT molecular complexity index is 479. The summed E-state index contributed by atoms with van der Waals surface area (Å²) in [6.07, 6.45) is 0.918. The van der Waals surface area contributed by atoms with Crippen molar-refractivity contribution in [3.63, 3.8) is 0 Å². The summed E-state index contributed by atoms with van der Waals surface area (Å²) in [6, 6.07) is 5.09. The van der Waals surface area contributed by atoms with E-state index in [-0.39, 0.29) is 29.5 Å². The van der Waals surface area contributed by atoms with Crippen LogP contribution in [0.1, 0.15) is 29.3 Å². The monoisotopic (exact) mass is 284 g/mol. The Kier molecular flexibility index (Phi) is 4.82. The maximum atomic E-state index is 12.3. The topological polar surface area (TPSA) is 66.6 Å². The van der Waals surface area contributed by atoms with Crippen molar-refractivity contribution in [1.82, 2.24) is 4.90 Å². The smallest absolute Gasteiger partial charge is 0.257 e. The zero-order chi connectivity index (χ0) is 13.3. The number of halogens is 1. The summed E-state index contributed by atoms with van der Waals surface area (Å²) in [4.78, 5) is 14.1. The molecule has 0 aliphatic carbocycles. The summed E-state index contributed by atoms with van der Waals surface area (Å²) >= 11 is 0. The molecule has 0 aromatic heterocycles. The van der Waals surface area contributed by atoms with Gasteiger partial charge in [-0.1, -0.05) is 18.6 Å². The van der Waals surface area contributed by atoms with E-state index in [4.69, 9.17) is 5.73 Å². The van der Waals surface area contributed by atoms with E-state index in [1.807, 2.05) is 6.92 Å². The molecule has 3 N–H and O–H groups in total. The fourth-order valence-corrected chi connectivity index (χ4v) is 2.36. The number of benzene rings is 1. The number of phenolic OH excluding ortho intramolecular Hbond substituents is 1. The first-order chi connectivity index (χ1) is 8.45. The molecule has 1 aromatic rings. The van der Waals surface area contributed by atoms with Crippen molar-refractivity contribution in [2.45, 2.75) is 20.3 Å². The van der Waals surface area contributed by atoms with Crippen molar-refractivity contribution in [2.75, 3.05) is 19.6 Å². The first-order valence-corrected chi connectivity index (χ1v) is 6.24. The molecule has 0 radical (unpaired) electrons.